The fraction of sp³-hybridized carbons (Fsp3) is 0.556. The van der Waals surface area contributed by atoms with Gasteiger partial charge in [0.2, 0.25) is 0 Å². The largest absolute Gasteiger partial charge is 0.0654 e. The molecule has 0 fully saturated rings. The van der Waals surface area contributed by atoms with E-state index in [2.05, 4.69) is 69.3 Å². The normalized spacial score (nSPS) is 15.4. The average molecular weight is 363 g/mol. The highest BCUT2D eigenvalue weighted by molar-refractivity contribution is 5.81. The van der Waals surface area contributed by atoms with E-state index in [9.17, 15) is 0 Å². The summed E-state index contributed by atoms with van der Waals surface area (Å²) in [6, 6.07) is 18.5. The molecule has 0 bridgehead atoms. The molecule has 2 aromatic rings. The predicted molar refractivity (Wildman–Crippen MR) is 119 cm³/mol. The highest BCUT2D eigenvalue weighted by Crippen LogP contribution is 2.55. The number of hydrogen-bond acceptors (Lipinski definition) is 0. The smallest absolute Gasteiger partial charge is 0.0217 e. The van der Waals surface area contributed by atoms with E-state index >= 15 is 0 Å². The zero-order valence-corrected chi connectivity index (χ0v) is 17.8. The van der Waals surface area contributed by atoms with Crippen LogP contribution in [0.5, 0.6) is 0 Å². The van der Waals surface area contributed by atoms with Gasteiger partial charge in [0.25, 0.3) is 0 Å². The van der Waals surface area contributed by atoms with Crippen LogP contribution in [0.4, 0.5) is 0 Å². The highest BCUT2D eigenvalue weighted by atomic mass is 14.5. The van der Waals surface area contributed by atoms with Crippen molar-refractivity contribution in [1.82, 2.24) is 0 Å². The zero-order valence-electron chi connectivity index (χ0n) is 17.8. The lowest BCUT2D eigenvalue weighted by Crippen LogP contribution is -2.28. The molecule has 1 aliphatic carbocycles. The quantitative estimate of drug-likeness (QED) is 0.351. The van der Waals surface area contributed by atoms with Crippen molar-refractivity contribution in [3.8, 4) is 11.1 Å². The van der Waals surface area contributed by atoms with E-state index in [1.165, 1.54) is 75.3 Å². The SMILES string of the molecule is CCCCCCC1(CC(CC)CCCC)c2ccccc2-c2ccccc21. The van der Waals surface area contributed by atoms with E-state index in [4.69, 9.17) is 0 Å². The molecule has 1 atom stereocenters. The Morgan fingerprint density at radius 3 is 1.85 bits per heavy atom. The summed E-state index contributed by atoms with van der Waals surface area (Å²) >= 11 is 0. The van der Waals surface area contributed by atoms with E-state index in [0.717, 1.165) is 5.92 Å². The Balaban J connectivity index is 2.00. The second-order valence-corrected chi connectivity index (χ2v) is 8.60. The molecule has 0 heterocycles. The van der Waals surface area contributed by atoms with Crippen LogP contribution in [0, 0.1) is 5.92 Å². The minimum Gasteiger partial charge on any atom is -0.0654 e. The summed E-state index contributed by atoms with van der Waals surface area (Å²) in [5.74, 6) is 0.829. The van der Waals surface area contributed by atoms with Gasteiger partial charge >= 0.3 is 0 Å². The van der Waals surface area contributed by atoms with Gasteiger partial charge in [-0.15, -0.1) is 0 Å². The van der Waals surface area contributed by atoms with Crippen molar-refractivity contribution in [3.05, 3.63) is 59.7 Å². The molecule has 0 spiro atoms. The van der Waals surface area contributed by atoms with E-state index in [-0.39, 0.29) is 5.41 Å². The Labute approximate surface area is 167 Å². The van der Waals surface area contributed by atoms with Gasteiger partial charge in [-0.2, -0.15) is 0 Å². The Morgan fingerprint density at radius 2 is 1.30 bits per heavy atom. The second-order valence-electron chi connectivity index (χ2n) is 8.60. The van der Waals surface area contributed by atoms with Crippen LogP contribution in [-0.2, 0) is 5.41 Å². The van der Waals surface area contributed by atoms with Crippen molar-refractivity contribution in [2.75, 3.05) is 0 Å². The fourth-order valence-electron chi connectivity index (χ4n) is 5.30. The van der Waals surface area contributed by atoms with E-state index < -0.39 is 0 Å². The Morgan fingerprint density at radius 1 is 0.704 bits per heavy atom. The molecule has 0 aliphatic heterocycles. The first-order valence-electron chi connectivity index (χ1n) is 11.5. The lowest BCUT2D eigenvalue weighted by molar-refractivity contribution is 0.311. The molecule has 0 nitrogen and oxygen atoms in total. The lowest BCUT2D eigenvalue weighted by Gasteiger charge is -2.36. The number of fused-ring (bicyclic) bond motifs is 3. The van der Waals surface area contributed by atoms with Crippen molar-refractivity contribution >= 4 is 0 Å². The van der Waals surface area contributed by atoms with Crippen LogP contribution in [0.2, 0.25) is 0 Å². The molecule has 3 rings (SSSR count). The van der Waals surface area contributed by atoms with Gasteiger partial charge < -0.3 is 0 Å². The molecule has 0 aromatic heterocycles. The first kappa shape index (κ1) is 20.2. The van der Waals surface area contributed by atoms with Gasteiger partial charge in [-0.05, 0) is 41.0 Å². The van der Waals surface area contributed by atoms with Gasteiger partial charge in [-0.3, -0.25) is 0 Å². The van der Waals surface area contributed by atoms with E-state index in [1.807, 2.05) is 0 Å². The molecule has 0 saturated carbocycles. The maximum atomic E-state index is 2.43. The van der Waals surface area contributed by atoms with Crippen molar-refractivity contribution < 1.29 is 0 Å². The molecule has 0 N–H and O–H groups in total. The molecule has 27 heavy (non-hydrogen) atoms. The van der Waals surface area contributed by atoms with Crippen LogP contribution >= 0.6 is 0 Å². The van der Waals surface area contributed by atoms with Crippen LogP contribution in [0.3, 0.4) is 0 Å². The highest BCUT2D eigenvalue weighted by Gasteiger charge is 2.43. The van der Waals surface area contributed by atoms with Crippen LogP contribution in [0.25, 0.3) is 11.1 Å². The molecule has 0 heteroatoms. The number of hydrogen-bond donors (Lipinski definition) is 0. The van der Waals surface area contributed by atoms with Crippen LogP contribution in [-0.4, -0.2) is 0 Å². The number of rotatable bonds is 11. The zero-order chi connectivity index (χ0) is 19.1. The topological polar surface area (TPSA) is 0 Å². The summed E-state index contributed by atoms with van der Waals surface area (Å²) in [6.07, 6.45) is 13.4. The standard InChI is InChI=1S/C27H38/c1-4-7-9-14-20-27(21-22(6-3)15-8-5-2)25-18-12-10-16-23(25)24-17-11-13-19-26(24)27/h10-13,16-19,22H,4-9,14-15,20-21H2,1-3H3. The third-order valence-electron chi connectivity index (χ3n) is 6.81. The van der Waals surface area contributed by atoms with E-state index in [1.54, 1.807) is 11.1 Å². The first-order valence-corrected chi connectivity index (χ1v) is 11.5. The number of benzene rings is 2. The lowest BCUT2D eigenvalue weighted by atomic mass is 9.67. The maximum absolute atomic E-state index is 2.43. The van der Waals surface area contributed by atoms with Gasteiger partial charge in [0, 0.05) is 5.41 Å². The Bertz CT molecular complexity index is 666. The summed E-state index contributed by atoms with van der Waals surface area (Å²) in [6.45, 7) is 7.04. The minimum atomic E-state index is 0.231. The van der Waals surface area contributed by atoms with Gasteiger partial charge in [0.1, 0.15) is 0 Å². The van der Waals surface area contributed by atoms with Gasteiger partial charge in [0.15, 0.2) is 0 Å². The summed E-state index contributed by atoms with van der Waals surface area (Å²) in [5.41, 5.74) is 6.44. The van der Waals surface area contributed by atoms with Crippen molar-refractivity contribution in [3.63, 3.8) is 0 Å². The van der Waals surface area contributed by atoms with Crippen LogP contribution in [0.15, 0.2) is 48.5 Å². The monoisotopic (exact) mass is 362 g/mol. The van der Waals surface area contributed by atoms with Crippen molar-refractivity contribution in [2.45, 2.75) is 90.4 Å². The van der Waals surface area contributed by atoms with Gasteiger partial charge in [-0.25, -0.2) is 0 Å². The molecule has 0 radical (unpaired) electrons. The van der Waals surface area contributed by atoms with Gasteiger partial charge in [-0.1, -0.05) is 121 Å². The Kier molecular flexibility index (Phi) is 7.16. The molecule has 2 aromatic carbocycles. The van der Waals surface area contributed by atoms with Crippen LogP contribution < -0.4 is 0 Å². The summed E-state index contributed by atoms with van der Waals surface area (Å²) < 4.78 is 0. The van der Waals surface area contributed by atoms with Gasteiger partial charge in [0.05, 0.1) is 0 Å². The minimum absolute atomic E-state index is 0.231. The first-order chi connectivity index (χ1) is 13.3. The third-order valence-corrected chi connectivity index (χ3v) is 6.81. The molecule has 0 saturated heterocycles. The third kappa shape index (κ3) is 4.15. The van der Waals surface area contributed by atoms with E-state index in [0.29, 0.717) is 0 Å². The number of unbranched alkanes of at least 4 members (excludes halogenated alkanes) is 4. The van der Waals surface area contributed by atoms with Crippen LogP contribution in [0.1, 0.15) is 96.1 Å². The predicted octanol–water partition coefficient (Wildman–Crippen LogP) is 8.53. The summed E-state index contributed by atoms with van der Waals surface area (Å²) in [4.78, 5) is 0. The second kappa shape index (κ2) is 9.58. The Hall–Kier alpha value is -1.56. The molecular weight excluding hydrogens is 324 g/mol. The fourth-order valence-corrected chi connectivity index (χ4v) is 5.30. The molecule has 1 aliphatic rings. The molecule has 0 amide bonds. The molecule has 146 valence electrons. The maximum Gasteiger partial charge on any atom is 0.0217 e. The molecular formula is C27H38. The van der Waals surface area contributed by atoms with Crippen molar-refractivity contribution in [1.29, 1.82) is 0 Å². The summed E-state index contributed by atoms with van der Waals surface area (Å²) in [5, 5.41) is 0. The van der Waals surface area contributed by atoms with Crippen molar-refractivity contribution in [2.24, 2.45) is 5.92 Å². The molecule has 1 unspecified atom stereocenters. The average Bonchev–Trinajstić information content (AvgIpc) is 2.99. The summed E-state index contributed by atoms with van der Waals surface area (Å²) in [7, 11) is 0.